The number of nitrogen functional groups attached to an aromatic ring is 3. The minimum Gasteiger partial charge on any atom is -0.395 e. The molecule has 6 aromatic heterocycles. The number of pyridine rings is 4. The van der Waals surface area contributed by atoms with Crippen molar-refractivity contribution in [1.29, 1.82) is 10.5 Å². The first-order valence-corrected chi connectivity index (χ1v) is 16.8. The molecule has 0 radical (unpaired) electrons. The van der Waals surface area contributed by atoms with E-state index in [9.17, 15) is 19.7 Å². The molecule has 2 fully saturated rings. The van der Waals surface area contributed by atoms with E-state index in [2.05, 4.69) is 42.3 Å². The van der Waals surface area contributed by atoms with Crippen LogP contribution in [0.15, 0.2) is 86.0 Å². The Hall–Kier alpha value is -8.26. The summed E-state index contributed by atoms with van der Waals surface area (Å²) in [5, 5.41) is 37.4. The van der Waals surface area contributed by atoms with E-state index in [1.165, 1.54) is 35.5 Å². The quantitative estimate of drug-likeness (QED) is 0.156. The van der Waals surface area contributed by atoms with Gasteiger partial charge in [0.2, 0.25) is 5.82 Å². The highest BCUT2D eigenvalue weighted by molar-refractivity contribution is 5.95. The topological polar surface area (TPSA) is 297 Å². The standard InChI is InChI=1S/C18H14N8O3.C18H16N8O/c19-5-11-8-24(9-11)18(27)12-1-2-15(22-6-12)25-10-13(7-23-25)14-3-4-21-17(20)16(14)26(28)29;19-5-11-8-25(9-11)18(27)12-1-2-15(23-6-12)26-10-13(7-24-26)14-3-4-22-17(21)16(14)20/h1-4,6-7,10-11H,8-9H2,(H2,20,21);1-4,6-7,10-11H,8-9,20H2,(H2,21,22). The summed E-state index contributed by atoms with van der Waals surface area (Å²) in [6.45, 7) is 1.78. The van der Waals surface area contributed by atoms with Crippen LogP contribution < -0.4 is 17.2 Å². The third-order valence-electron chi connectivity index (χ3n) is 9.11. The van der Waals surface area contributed by atoms with Gasteiger partial charge in [-0.3, -0.25) is 19.7 Å². The number of amides is 2. The van der Waals surface area contributed by atoms with Crippen LogP contribution in [0.25, 0.3) is 33.9 Å². The molecule has 0 spiro atoms. The Morgan fingerprint density at radius 3 is 1.59 bits per heavy atom. The van der Waals surface area contributed by atoms with Gasteiger partial charge in [-0.15, -0.1) is 0 Å². The Balaban J connectivity index is 0.000000172. The Labute approximate surface area is 317 Å². The monoisotopic (exact) mass is 750 g/mol. The lowest BCUT2D eigenvalue weighted by Crippen LogP contribution is -2.49. The van der Waals surface area contributed by atoms with Crippen molar-refractivity contribution < 1.29 is 14.5 Å². The van der Waals surface area contributed by atoms with Gasteiger partial charge in [0.15, 0.2) is 11.6 Å². The maximum absolute atomic E-state index is 12.3. The molecule has 20 nitrogen and oxygen atoms in total. The second-order valence-corrected chi connectivity index (χ2v) is 12.7. The molecule has 0 unspecified atom stereocenters. The van der Waals surface area contributed by atoms with Crippen molar-refractivity contribution in [3.63, 3.8) is 0 Å². The lowest BCUT2D eigenvalue weighted by Gasteiger charge is -2.35. The Bertz CT molecular complexity index is 2540. The number of aromatic nitrogens is 8. The molecule has 20 heteroatoms. The second kappa shape index (κ2) is 15.0. The van der Waals surface area contributed by atoms with Crippen molar-refractivity contribution >= 4 is 34.8 Å². The second-order valence-electron chi connectivity index (χ2n) is 12.7. The number of hydrogen-bond donors (Lipinski definition) is 3. The summed E-state index contributed by atoms with van der Waals surface area (Å²) in [6.07, 6.45) is 12.4. The first-order valence-electron chi connectivity index (χ1n) is 16.8. The van der Waals surface area contributed by atoms with Gasteiger partial charge in [0.1, 0.15) is 5.82 Å². The van der Waals surface area contributed by atoms with Gasteiger partial charge in [-0.2, -0.15) is 20.7 Å². The van der Waals surface area contributed by atoms with E-state index < -0.39 is 4.92 Å². The summed E-state index contributed by atoms with van der Waals surface area (Å²) in [7, 11) is 0. The fourth-order valence-corrected chi connectivity index (χ4v) is 5.92. The average Bonchev–Trinajstić information content (AvgIpc) is 3.87. The largest absolute Gasteiger partial charge is 0.395 e. The van der Waals surface area contributed by atoms with E-state index >= 15 is 0 Å². The van der Waals surface area contributed by atoms with E-state index in [-0.39, 0.29) is 41.0 Å². The van der Waals surface area contributed by atoms with Crippen molar-refractivity contribution in [3.8, 4) is 46.0 Å². The van der Waals surface area contributed by atoms with Crippen LogP contribution in [0.4, 0.5) is 23.0 Å². The molecule has 278 valence electrons. The summed E-state index contributed by atoms with van der Waals surface area (Å²) in [4.78, 5) is 54.9. The molecular weight excluding hydrogens is 721 g/mol. The molecule has 6 aromatic rings. The van der Waals surface area contributed by atoms with Crippen LogP contribution in [0, 0.1) is 44.6 Å². The first-order chi connectivity index (χ1) is 27.0. The van der Waals surface area contributed by atoms with Crippen LogP contribution in [-0.4, -0.2) is 92.2 Å². The Morgan fingerprint density at radius 2 is 1.14 bits per heavy atom. The number of carbonyl (C=O) groups excluding carboxylic acids is 2. The van der Waals surface area contributed by atoms with Crippen LogP contribution in [0.1, 0.15) is 20.7 Å². The highest BCUT2D eigenvalue weighted by Crippen LogP contribution is 2.33. The summed E-state index contributed by atoms with van der Waals surface area (Å²) in [5.41, 5.74) is 20.7. The molecule has 2 saturated heterocycles. The summed E-state index contributed by atoms with van der Waals surface area (Å²) < 4.78 is 3.04. The third kappa shape index (κ3) is 7.08. The van der Waals surface area contributed by atoms with E-state index in [0.717, 1.165) is 11.1 Å². The SMILES string of the molecule is N#CC1CN(C(=O)c2ccc(-n3cc(-c4ccnc(N)c4N)cn3)nc2)C1.N#CC1CN(C(=O)c2ccc(-n3cc(-c4ccnc(N)c4[N+](=O)[O-])cn3)nc2)C1. The van der Waals surface area contributed by atoms with Crippen molar-refractivity contribution in [2.45, 2.75) is 0 Å². The first kappa shape index (κ1) is 36.1. The van der Waals surface area contributed by atoms with Gasteiger partial charge in [0, 0.05) is 80.1 Å². The molecule has 8 rings (SSSR count). The van der Waals surface area contributed by atoms with Crippen LogP contribution >= 0.6 is 0 Å². The summed E-state index contributed by atoms with van der Waals surface area (Å²) in [5.74, 6) is 0.615. The number of likely N-dealkylation sites (tertiary alicyclic amines) is 2. The van der Waals surface area contributed by atoms with Crippen LogP contribution in [0.2, 0.25) is 0 Å². The zero-order chi connectivity index (χ0) is 39.5. The van der Waals surface area contributed by atoms with E-state index in [1.54, 1.807) is 69.6 Å². The molecule has 2 aliphatic heterocycles. The minimum atomic E-state index is -0.583. The van der Waals surface area contributed by atoms with E-state index in [0.29, 0.717) is 65.8 Å². The molecule has 0 atom stereocenters. The smallest absolute Gasteiger partial charge is 0.319 e. The van der Waals surface area contributed by atoms with Gasteiger partial charge < -0.3 is 27.0 Å². The number of nitro groups is 1. The average molecular weight is 751 g/mol. The number of carbonyl (C=O) groups is 2. The van der Waals surface area contributed by atoms with Crippen molar-refractivity contribution in [3.05, 3.63) is 107 Å². The highest BCUT2D eigenvalue weighted by Gasteiger charge is 2.32. The van der Waals surface area contributed by atoms with Gasteiger partial charge in [0.05, 0.1) is 63.7 Å². The maximum Gasteiger partial charge on any atom is 0.319 e. The molecule has 8 heterocycles. The third-order valence-corrected chi connectivity index (χ3v) is 9.11. The van der Waals surface area contributed by atoms with E-state index in [4.69, 9.17) is 27.7 Å². The van der Waals surface area contributed by atoms with Crippen LogP contribution in [0.3, 0.4) is 0 Å². The fourth-order valence-electron chi connectivity index (χ4n) is 5.92. The lowest BCUT2D eigenvalue weighted by molar-refractivity contribution is -0.383. The van der Waals surface area contributed by atoms with Gasteiger partial charge in [-0.25, -0.2) is 29.3 Å². The summed E-state index contributed by atoms with van der Waals surface area (Å²) in [6, 6.07) is 14.2. The van der Waals surface area contributed by atoms with Crippen molar-refractivity contribution in [2.75, 3.05) is 43.4 Å². The molecule has 0 aliphatic carbocycles. The molecule has 0 aromatic carbocycles. The van der Waals surface area contributed by atoms with Crippen molar-refractivity contribution in [2.24, 2.45) is 11.8 Å². The lowest BCUT2D eigenvalue weighted by atomic mass is 10.0. The Morgan fingerprint density at radius 1 is 0.679 bits per heavy atom. The predicted molar refractivity (Wildman–Crippen MR) is 199 cm³/mol. The number of rotatable bonds is 7. The number of nitrogens with two attached hydrogens (primary N) is 3. The van der Waals surface area contributed by atoms with Crippen LogP contribution in [-0.2, 0) is 0 Å². The number of nitriles is 2. The zero-order valence-corrected chi connectivity index (χ0v) is 29.2. The fraction of sp³-hybridized carbons (Fsp3) is 0.167. The summed E-state index contributed by atoms with van der Waals surface area (Å²) >= 11 is 0. The Kier molecular flexibility index (Phi) is 9.67. The molecule has 2 aliphatic rings. The zero-order valence-electron chi connectivity index (χ0n) is 29.2. The van der Waals surface area contributed by atoms with Gasteiger partial charge in [-0.1, -0.05) is 0 Å². The molecular formula is C36H30N16O4. The maximum atomic E-state index is 12.3. The van der Waals surface area contributed by atoms with E-state index in [1.807, 2.05) is 0 Å². The number of hydrogen-bond acceptors (Lipinski definition) is 15. The minimum absolute atomic E-state index is 0.0710. The van der Waals surface area contributed by atoms with Crippen LogP contribution in [0.5, 0.6) is 0 Å². The molecule has 56 heavy (non-hydrogen) atoms. The normalized spacial score (nSPS) is 13.7. The molecule has 6 N–H and O–H groups in total. The highest BCUT2D eigenvalue weighted by atomic mass is 16.6. The van der Waals surface area contributed by atoms with Gasteiger partial charge in [-0.05, 0) is 36.4 Å². The molecule has 0 saturated carbocycles. The van der Waals surface area contributed by atoms with Gasteiger partial charge >= 0.3 is 5.69 Å². The van der Waals surface area contributed by atoms with Gasteiger partial charge in [0.25, 0.3) is 11.8 Å². The molecule has 2 amide bonds. The molecule has 0 bridgehead atoms. The van der Waals surface area contributed by atoms with Crippen molar-refractivity contribution in [1.82, 2.24) is 49.3 Å². The predicted octanol–water partition coefficient (Wildman–Crippen LogP) is 2.50. The number of anilines is 3. The number of nitrogens with zero attached hydrogens (tertiary/aromatic N) is 13.